The van der Waals surface area contributed by atoms with Gasteiger partial charge in [-0.1, -0.05) is 19.9 Å². The minimum absolute atomic E-state index is 0.181. The van der Waals surface area contributed by atoms with Crippen LogP contribution in [0.3, 0.4) is 0 Å². The lowest BCUT2D eigenvalue weighted by Crippen LogP contribution is -2.07. The molecule has 2 rings (SSSR count). The maximum absolute atomic E-state index is 12.7. The van der Waals surface area contributed by atoms with Crippen LogP contribution in [0.4, 0.5) is 13.2 Å². The first-order valence-corrected chi connectivity index (χ1v) is 6.03. The Labute approximate surface area is 109 Å². The Morgan fingerprint density at radius 1 is 1.26 bits per heavy atom. The molecule has 0 bridgehead atoms. The molecule has 1 aromatic heterocycles. The molecule has 0 radical (unpaired) electrons. The van der Waals surface area contributed by atoms with Gasteiger partial charge in [0.1, 0.15) is 0 Å². The van der Waals surface area contributed by atoms with Gasteiger partial charge in [-0.2, -0.15) is 13.2 Å². The first kappa shape index (κ1) is 13.8. The summed E-state index contributed by atoms with van der Waals surface area (Å²) in [5.41, 5.74) is 7.19. The van der Waals surface area contributed by atoms with Crippen LogP contribution in [0.25, 0.3) is 10.9 Å². The molecule has 0 unspecified atom stereocenters. The SMILES string of the molecule is CC(C)c1c(CN)cnc2cc(C(F)(F)F)ccc12. The summed E-state index contributed by atoms with van der Waals surface area (Å²) >= 11 is 0. The second-order valence-corrected chi connectivity index (χ2v) is 4.79. The van der Waals surface area contributed by atoms with Crippen molar-refractivity contribution in [1.82, 2.24) is 4.98 Å². The molecule has 0 aliphatic carbocycles. The van der Waals surface area contributed by atoms with Crippen LogP contribution in [0.1, 0.15) is 36.5 Å². The van der Waals surface area contributed by atoms with Gasteiger partial charge in [-0.15, -0.1) is 0 Å². The summed E-state index contributed by atoms with van der Waals surface area (Å²) in [7, 11) is 0. The standard InChI is InChI=1S/C14H15F3N2/c1-8(2)13-9(6-18)7-19-12-5-10(14(15,16)17)3-4-11(12)13/h3-5,7-8H,6,18H2,1-2H3. The molecule has 2 N–H and O–H groups in total. The van der Waals surface area contributed by atoms with Crippen molar-refractivity contribution in [3.05, 3.63) is 41.1 Å². The third-order valence-electron chi connectivity index (χ3n) is 3.12. The van der Waals surface area contributed by atoms with Gasteiger partial charge in [0.25, 0.3) is 0 Å². The normalized spacial score (nSPS) is 12.4. The molecule has 0 aliphatic heterocycles. The van der Waals surface area contributed by atoms with Crippen LogP contribution >= 0.6 is 0 Å². The van der Waals surface area contributed by atoms with Crippen molar-refractivity contribution in [3.63, 3.8) is 0 Å². The molecule has 0 aliphatic rings. The Kier molecular flexibility index (Phi) is 3.49. The second-order valence-electron chi connectivity index (χ2n) is 4.79. The van der Waals surface area contributed by atoms with Crippen molar-refractivity contribution < 1.29 is 13.2 Å². The fraction of sp³-hybridized carbons (Fsp3) is 0.357. The summed E-state index contributed by atoms with van der Waals surface area (Å²) in [5, 5.41) is 0.742. The van der Waals surface area contributed by atoms with E-state index in [4.69, 9.17) is 5.73 Å². The molecular weight excluding hydrogens is 253 g/mol. The van der Waals surface area contributed by atoms with Crippen LogP contribution in [-0.4, -0.2) is 4.98 Å². The summed E-state index contributed by atoms with van der Waals surface area (Å²) in [6.07, 6.45) is -2.78. The summed E-state index contributed by atoms with van der Waals surface area (Å²) in [6, 6.07) is 3.66. The fourth-order valence-electron chi connectivity index (χ4n) is 2.28. The largest absolute Gasteiger partial charge is 0.416 e. The van der Waals surface area contributed by atoms with Gasteiger partial charge < -0.3 is 5.73 Å². The molecule has 19 heavy (non-hydrogen) atoms. The summed E-state index contributed by atoms with van der Waals surface area (Å²) in [5.74, 6) is 0.181. The smallest absolute Gasteiger partial charge is 0.326 e. The maximum atomic E-state index is 12.7. The van der Waals surface area contributed by atoms with Crippen molar-refractivity contribution in [2.75, 3.05) is 0 Å². The number of fused-ring (bicyclic) bond motifs is 1. The van der Waals surface area contributed by atoms with Crippen molar-refractivity contribution >= 4 is 10.9 Å². The summed E-state index contributed by atoms with van der Waals surface area (Å²) in [6.45, 7) is 4.31. The summed E-state index contributed by atoms with van der Waals surface area (Å²) in [4.78, 5) is 4.09. The van der Waals surface area contributed by atoms with Crippen LogP contribution in [0.2, 0.25) is 0 Å². The maximum Gasteiger partial charge on any atom is 0.416 e. The van der Waals surface area contributed by atoms with E-state index in [1.54, 1.807) is 6.20 Å². The van der Waals surface area contributed by atoms with Crippen LogP contribution in [-0.2, 0) is 12.7 Å². The number of hydrogen-bond donors (Lipinski definition) is 1. The average Bonchev–Trinajstić information content (AvgIpc) is 2.35. The van der Waals surface area contributed by atoms with E-state index in [9.17, 15) is 13.2 Å². The topological polar surface area (TPSA) is 38.9 Å². The van der Waals surface area contributed by atoms with E-state index in [2.05, 4.69) is 4.98 Å². The van der Waals surface area contributed by atoms with Crippen molar-refractivity contribution in [2.45, 2.75) is 32.5 Å². The number of aromatic nitrogens is 1. The highest BCUT2D eigenvalue weighted by atomic mass is 19.4. The van der Waals surface area contributed by atoms with Crippen molar-refractivity contribution in [1.29, 1.82) is 0 Å². The van der Waals surface area contributed by atoms with Gasteiger partial charge in [-0.05, 0) is 29.2 Å². The predicted octanol–water partition coefficient (Wildman–Crippen LogP) is 3.84. The number of rotatable bonds is 2. The van der Waals surface area contributed by atoms with Gasteiger partial charge in [-0.3, -0.25) is 4.98 Å². The molecule has 0 atom stereocenters. The molecule has 102 valence electrons. The number of nitrogens with zero attached hydrogens (tertiary/aromatic N) is 1. The average molecular weight is 268 g/mol. The van der Waals surface area contributed by atoms with E-state index in [1.165, 1.54) is 6.07 Å². The van der Waals surface area contributed by atoms with Gasteiger partial charge >= 0.3 is 6.18 Å². The third kappa shape index (κ3) is 2.56. The van der Waals surface area contributed by atoms with E-state index < -0.39 is 11.7 Å². The van der Waals surface area contributed by atoms with Gasteiger partial charge in [-0.25, -0.2) is 0 Å². The van der Waals surface area contributed by atoms with E-state index in [1.807, 2.05) is 13.8 Å². The Balaban J connectivity index is 2.71. The first-order chi connectivity index (χ1) is 8.84. The minimum Gasteiger partial charge on any atom is -0.326 e. The Morgan fingerprint density at radius 3 is 2.47 bits per heavy atom. The lowest BCUT2D eigenvalue weighted by Gasteiger charge is -2.15. The highest BCUT2D eigenvalue weighted by Gasteiger charge is 2.30. The Bertz CT molecular complexity index is 603. The van der Waals surface area contributed by atoms with Gasteiger partial charge in [0.05, 0.1) is 11.1 Å². The molecule has 0 saturated heterocycles. The van der Waals surface area contributed by atoms with Gasteiger partial charge in [0, 0.05) is 18.1 Å². The van der Waals surface area contributed by atoms with Gasteiger partial charge in [0.2, 0.25) is 0 Å². The fourth-order valence-corrected chi connectivity index (χ4v) is 2.28. The van der Waals surface area contributed by atoms with Crippen LogP contribution < -0.4 is 5.73 Å². The number of halogens is 3. The Morgan fingerprint density at radius 2 is 1.95 bits per heavy atom. The molecule has 0 saturated carbocycles. The second kappa shape index (κ2) is 4.81. The molecule has 2 nitrogen and oxygen atoms in total. The zero-order valence-electron chi connectivity index (χ0n) is 10.8. The molecule has 5 heteroatoms. The van der Waals surface area contributed by atoms with E-state index >= 15 is 0 Å². The lowest BCUT2D eigenvalue weighted by molar-refractivity contribution is -0.137. The van der Waals surface area contributed by atoms with E-state index in [0.29, 0.717) is 12.1 Å². The monoisotopic (exact) mass is 268 g/mol. The highest BCUT2D eigenvalue weighted by Crippen LogP contribution is 2.33. The highest BCUT2D eigenvalue weighted by molar-refractivity contribution is 5.84. The van der Waals surface area contributed by atoms with Crippen LogP contribution in [0, 0.1) is 0 Å². The molecule has 0 amide bonds. The van der Waals surface area contributed by atoms with Gasteiger partial charge in [0.15, 0.2) is 0 Å². The molecule has 1 heterocycles. The predicted molar refractivity (Wildman–Crippen MR) is 68.7 cm³/mol. The lowest BCUT2D eigenvalue weighted by atomic mass is 9.93. The van der Waals surface area contributed by atoms with Crippen molar-refractivity contribution in [3.8, 4) is 0 Å². The van der Waals surface area contributed by atoms with Crippen LogP contribution in [0.5, 0.6) is 0 Å². The van der Waals surface area contributed by atoms with Crippen LogP contribution in [0.15, 0.2) is 24.4 Å². The third-order valence-corrected chi connectivity index (χ3v) is 3.12. The number of pyridine rings is 1. The Hall–Kier alpha value is -1.62. The summed E-state index contributed by atoms with van der Waals surface area (Å²) < 4.78 is 38.0. The number of hydrogen-bond acceptors (Lipinski definition) is 2. The molecule has 2 aromatic rings. The number of alkyl halides is 3. The molecule has 0 spiro atoms. The van der Waals surface area contributed by atoms with E-state index in [-0.39, 0.29) is 5.92 Å². The molecule has 0 fully saturated rings. The number of benzene rings is 1. The quantitative estimate of drug-likeness (QED) is 0.898. The number of nitrogens with two attached hydrogens (primary N) is 1. The molecule has 1 aromatic carbocycles. The van der Waals surface area contributed by atoms with Crippen molar-refractivity contribution in [2.24, 2.45) is 5.73 Å². The van der Waals surface area contributed by atoms with E-state index in [0.717, 1.165) is 28.6 Å². The minimum atomic E-state index is -4.35. The zero-order valence-corrected chi connectivity index (χ0v) is 10.8. The first-order valence-electron chi connectivity index (χ1n) is 6.03. The molecular formula is C14H15F3N2. The zero-order chi connectivity index (χ0) is 14.2.